The van der Waals surface area contributed by atoms with Gasteiger partial charge in [0.25, 0.3) is 5.91 Å². The van der Waals surface area contributed by atoms with E-state index in [0.717, 1.165) is 22.3 Å². The van der Waals surface area contributed by atoms with Crippen molar-refractivity contribution in [3.8, 4) is 5.75 Å². The summed E-state index contributed by atoms with van der Waals surface area (Å²) in [4.78, 5) is 11.5. The lowest BCUT2D eigenvalue weighted by Gasteiger charge is -2.18. The number of amides is 1. The maximum Gasteiger partial charge on any atom is 0.258 e. The lowest BCUT2D eigenvalue weighted by atomic mass is 10.1. The highest BCUT2D eigenvalue weighted by molar-refractivity contribution is 9.10. The van der Waals surface area contributed by atoms with Crippen molar-refractivity contribution in [2.45, 2.75) is 19.9 Å². The number of hydrogen-bond acceptors (Lipinski definition) is 3. The minimum absolute atomic E-state index is 0.00131. The number of halogens is 1. The Morgan fingerprint density at radius 2 is 2.30 bits per heavy atom. The van der Waals surface area contributed by atoms with Crippen LogP contribution < -0.4 is 15.4 Å². The SMILES string of the molecule is C=CCNC(=O)COc1ccc(Br)cc1C(C)NCC. The molecule has 0 aliphatic rings. The van der Waals surface area contributed by atoms with Crippen molar-refractivity contribution in [3.05, 3.63) is 40.9 Å². The Hall–Kier alpha value is -1.33. The minimum atomic E-state index is -0.158. The van der Waals surface area contributed by atoms with Crippen LogP contribution in [0.1, 0.15) is 25.5 Å². The van der Waals surface area contributed by atoms with E-state index in [2.05, 4.69) is 47.0 Å². The molecule has 1 rings (SSSR count). The molecule has 0 radical (unpaired) electrons. The summed E-state index contributed by atoms with van der Waals surface area (Å²) in [5.41, 5.74) is 1.03. The highest BCUT2D eigenvalue weighted by Crippen LogP contribution is 2.28. The Kier molecular flexibility index (Phi) is 7.33. The Balaban J connectivity index is 2.73. The van der Waals surface area contributed by atoms with Crippen LogP contribution >= 0.6 is 15.9 Å². The monoisotopic (exact) mass is 340 g/mol. The van der Waals surface area contributed by atoms with Crippen LogP contribution in [0.5, 0.6) is 5.75 Å². The first-order valence-corrected chi connectivity index (χ1v) is 7.41. The van der Waals surface area contributed by atoms with Crippen molar-refractivity contribution >= 4 is 21.8 Å². The second-order valence-corrected chi connectivity index (χ2v) is 5.26. The first-order chi connectivity index (χ1) is 9.58. The van der Waals surface area contributed by atoms with Crippen molar-refractivity contribution < 1.29 is 9.53 Å². The van der Waals surface area contributed by atoms with Crippen LogP contribution in [-0.2, 0) is 4.79 Å². The van der Waals surface area contributed by atoms with E-state index in [0.29, 0.717) is 6.54 Å². The van der Waals surface area contributed by atoms with Gasteiger partial charge in [-0.15, -0.1) is 6.58 Å². The summed E-state index contributed by atoms with van der Waals surface area (Å²) in [6, 6.07) is 5.93. The van der Waals surface area contributed by atoms with Crippen molar-refractivity contribution in [3.63, 3.8) is 0 Å². The number of hydrogen-bond donors (Lipinski definition) is 2. The van der Waals surface area contributed by atoms with Gasteiger partial charge in [-0.2, -0.15) is 0 Å². The summed E-state index contributed by atoms with van der Waals surface area (Å²) < 4.78 is 6.60. The average Bonchev–Trinajstić information content (AvgIpc) is 2.43. The summed E-state index contributed by atoms with van der Waals surface area (Å²) >= 11 is 3.46. The van der Waals surface area contributed by atoms with Crippen LogP contribution in [0.15, 0.2) is 35.3 Å². The Morgan fingerprint density at radius 1 is 1.55 bits per heavy atom. The largest absolute Gasteiger partial charge is 0.483 e. The number of ether oxygens (including phenoxy) is 1. The molecule has 0 spiro atoms. The summed E-state index contributed by atoms with van der Waals surface area (Å²) in [5.74, 6) is 0.560. The topological polar surface area (TPSA) is 50.4 Å². The highest BCUT2D eigenvalue weighted by Gasteiger charge is 2.12. The fourth-order valence-electron chi connectivity index (χ4n) is 1.79. The predicted octanol–water partition coefficient (Wildman–Crippen LogP) is 2.80. The summed E-state index contributed by atoms with van der Waals surface area (Å²) in [7, 11) is 0. The molecule has 5 heteroatoms. The molecular weight excluding hydrogens is 320 g/mol. The number of carbonyl (C=O) groups excluding carboxylic acids is 1. The molecule has 0 bridgehead atoms. The molecule has 0 heterocycles. The van der Waals surface area contributed by atoms with Crippen molar-refractivity contribution in [2.24, 2.45) is 0 Å². The van der Waals surface area contributed by atoms with E-state index >= 15 is 0 Å². The van der Waals surface area contributed by atoms with Gasteiger partial charge in [-0.3, -0.25) is 4.79 Å². The Bertz CT molecular complexity index is 463. The van der Waals surface area contributed by atoms with Gasteiger partial charge in [0.05, 0.1) is 0 Å². The van der Waals surface area contributed by atoms with Gasteiger partial charge >= 0.3 is 0 Å². The molecule has 1 atom stereocenters. The van der Waals surface area contributed by atoms with Gasteiger partial charge in [-0.25, -0.2) is 0 Å². The van der Waals surface area contributed by atoms with Gasteiger partial charge in [0, 0.05) is 22.6 Å². The Morgan fingerprint density at radius 3 is 2.95 bits per heavy atom. The molecule has 0 saturated carbocycles. The van der Waals surface area contributed by atoms with E-state index in [4.69, 9.17) is 4.74 Å². The molecule has 20 heavy (non-hydrogen) atoms. The van der Waals surface area contributed by atoms with Crippen LogP contribution in [0.3, 0.4) is 0 Å². The normalized spacial score (nSPS) is 11.8. The molecule has 1 aromatic rings. The molecule has 0 aliphatic heterocycles. The fraction of sp³-hybridized carbons (Fsp3) is 0.400. The summed E-state index contributed by atoms with van der Waals surface area (Å²) in [6.07, 6.45) is 1.64. The van der Waals surface area contributed by atoms with Crippen LogP contribution in [0.4, 0.5) is 0 Å². The summed E-state index contributed by atoms with van der Waals surface area (Å²) in [6.45, 7) is 8.99. The number of rotatable bonds is 8. The molecular formula is C15H21BrN2O2. The van der Waals surface area contributed by atoms with Gasteiger partial charge in [0.1, 0.15) is 5.75 Å². The van der Waals surface area contributed by atoms with Crippen LogP contribution in [0.25, 0.3) is 0 Å². The Labute approximate surface area is 128 Å². The third-order valence-electron chi connectivity index (χ3n) is 2.75. The molecule has 1 amide bonds. The summed E-state index contributed by atoms with van der Waals surface area (Å²) in [5, 5.41) is 6.02. The van der Waals surface area contributed by atoms with E-state index < -0.39 is 0 Å². The standard InChI is InChI=1S/C15H21BrN2O2/c1-4-8-18-15(19)10-20-14-7-6-12(16)9-13(14)11(3)17-5-2/h4,6-7,9,11,17H,1,5,8,10H2,2-3H3,(H,18,19). The third-order valence-corrected chi connectivity index (χ3v) is 3.24. The third kappa shape index (κ3) is 5.35. The van der Waals surface area contributed by atoms with E-state index in [-0.39, 0.29) is 18.6 Å². The smallest absolute Gasteiger partial charge is 0.258 e. The lowest BCUT2D eigenvalue weighted by molar-refractivity contribution is -0.122. The first-order valence-electron chi connectivity index (χ1n) is 6.61. The second kappa shape index (κ2) is 8.76. The fourth-order valence-corrected chi connectivity index (χ4v) is 2.16. The van der Waals surface area contributed by atoms with Gasteiger partial charge in [0.2, 0.25) is 0 Å². The van der Waals surface area contributed by atoms with Gasteiger partial charge in [-0.05, 0) is 31.7 Å². The van der Waals surface area contributed by atoms with Gasteiger partial charge < -0.3 is 15.4 Å². The first kappa shape index (κ1) is 16.7. The van der Waals surface area contributed by atoms with Crippen LogP contribution in [-0.4, -0.2) is 25.6 Å². The van der Waals surface area contributed by atoms with E-state index in [9.17, 15) is 4.79 Å². The van der Waals surface area contributed by atoms with E-state index in [1.54, 1.807) is 6.08 Å². The minimum Gasteiger partial charge on any atom is -0.483 e. The molecule has 0 aromatic heterocycles. The highest BCUT2D eigenvalue weighted by atomic mass is 79.9. The van der Waals surface area contributed by atoms with Gasteiger partial charge in [0.15, 0.2) is 6.61 Å². The molecule has 0 saturated heterocycles. The molecule has 110 valence electrons. The zero-order chi connectivity index (χ0) is 15.0. The number of benzene rings is 1. The van der Waals surface area contributed by atoms with Crippen molar-refractivity contribution in [2.75, 3.05) is 19.7 Å². The van der Waals surface area contributed by atoms with Gasteiger partial charge in [-0.1, -0.05) is 28.9 Å². The number of carbonyl (C=O) groups is 1. The van der Waals surface area contributed by atoms with Crippen molar-refractivity contribution in [1.29, 1.82) is 0 Å². The predicted molar refractivity (Wildman–Crippen MR) is 84.9 cm³/mol. The zero-order valence-electron chi connectivity index (χ0n) is 11.9. The molecule has 0 aliphatic carbocycles. The molecule has 1 aromatic carbocycles. The molecule has 4 nitrogen and oxygen atoms in total. The molecule has 1 unspecified atom stereocenters. The quantitative estimate of drug-likeness (QED) is 0.715. The number of nitrogens with one attached hydrogen (secondary N) is 2. The lowest BCUT2D eigenvalue weighted by Crippen LogP contribution is -2.29. The van der Waals surface area contributed by atoms with Crippen molar-refractivity contribution in [1.82, 2.24) is 10.6 Å². The zero-order valence-corrected chi connectivity index (χ0v) is 13.5. The molecule has 2 N–H and O–H groups in total. The molecule has 0 fully saturated rings. The maximum absolute atomic E-state index is 11.5. The van der Waals surface area contributed by atoms with Crippen LogP contribution in [0.2, 0.25) is 0 Å². The van der Waals surface area contributed by atoms with E-state index in [1.165, 1.54) is 0 Å². The van der Waals surface area contributed by atoms with Crippen LogP contribution in [0, 0.1) is 0 Å². The maximum atomic E-state index is 11.5. The average molecular weight is 341 g/mol. The van der Waals surface area contributed by atoms with E-state index in [1.807, 2.05) is 18.2 Å². The second-order valence-electron chi connectivity index (χ2n) is 4.34.